The highest BCUT2D eigenvalue weighted by Gasteiger charge is 1.77. The molecular weight excluding hydrogens is 208 g/mol. The summed E-state index contributed by atoms with van der Waals surface area (Å²) in [5.74, 6) is 2.53. The molecule has 0 saturated carbocycles. The van der Waals surface area contributed by atoms with Crippen LogP contribution in [-0.2, 0) is 0 Å². The van der Waals surface area contributed by atoms with Crippen LogP contribution in [0.3, 0.4) is 0 Å². The molecular formula is C11H16N2O3. The second-order valence-corrected chi connectivity index (χ2v) is 2.30. The first kappa shape index (κ1) is 16.2. The van der Waals surface area contributed by atoms with Crippen molar-refractivity contribution in [2.24, 2.45) is 5.73 Å². The summed E-state index contributed by atoms with van der Waals surface area (Å²) < 4.78 is 0. The van der Waals surface area contributed by atoms with E-state index >= 15 is 0 Å². The second kappa shape index (κ2) is 12.8. The number of carboxylic acid groups (broad SMARTS) is 1. The van der Waals surface area contributed by atoms with Crippen molar-refractivity contribution in [1.29, 1.82) is 0 Å². The normalized spacial score (nSPS) is 7.06. The van der Waals surface area contributed by atoms with Gasteiger partial charge >= 0.3 is 6.09 Å². The van der Waals surface area contributed by atoms with E-state index in [1.165, 1.54) is 7.05 Å². The van der Waals surface area contributed by atoms with Gasteiger partial charge in [0.2, 0.25) is 0 Å². The van der Waals surface area contributed by atoms with E-state index in [0.717, 1.165) is 0 Å². The first-order valence-electron chi connectivity index (χ1n) is 4.36. The zero-order chi connectivity index (χ0) is 12.8. The maximum absolute atomic E-state index is 9.26. The molecule has 0 unspecified atom stereocenters. The lowest BCUT2D eigenvalue weighted by atomic mass is 10.3. The Morgan fingerprint density at radius 1 is 1.50 bits per heavy atom. The van der Waals surface area contributed by atoms with Gasteiger partial charge in [0.1, 0.15) is 5.75 Å². The number of phenols is 1. The predicted molar refractivity (Wildman–Crippen MR) is 63.1 cm³/mol. The molecule has 88 valence electrons. The van der Waals surface area contributed by atoms with Crippen molar-refractivity contribution < 1.29 is 15.0 Å². The summed E-state index contributed by atoms with van der Waals surface area (Å²) in [6, 6.07) is 8.71. The van der Waals surface area contributed by atoms with Crippen LogP contribution in [-0.4, -0.2) is 29.9 Å². The summed E-state index contributed by atoms with van der Waals surface area (Å²) in [6.45, 7) is 0.347. The molecule has 16 heavy (non-hydrogen) atoms. The van der Waals surface area contributed by atoms with E-state index in [4.69, 9.17) is 15.9 Å². The lowest BCUT2D eigenvalue weighted by Gasteiger charge is -1.82. The Morgan fingerprint density at radius 3 is 2.00 bits per heavy atom. The number of aromatic hydroxyl groups is 1. The van der Waals surface area contributed by atoms with Gasteiger partial charge in [-0.1, -0.05) is 24.1 Å². The number of phenolic OH excluding ortho intramolecular Hbond substituents is 1. The van der Waals surface area contributed by atoms with Crippen molar-refractivity contribution >= 4 is 6.09 Å². The largest absolute Gasteiger partial charge is 0.508 e. The predicted octanol–water partition coefficient (Wildman–Crippen LogP) is 0.854. The minimum atomic E-state index is -0.995. The van der Waals surface area contributed by atoms with Crippen LogP contribution in [0, 0.1) is 12.3 Å². The number of rotatable bonds is 0. The lowest BCUT2D eigenvalue weighted by Crippen LogP contribution is -2.13. The maximum Gasteiger partial charge on any atom is 0.404 e. The summed E-state index contributed by atoms with van der Waals surface area (Å²) in [7, 11) is 1.35. The van der Waals surface area contributed by atoms with Crippen LogP contribution in [0.2, 0.25) is 0 Å². The number of nitrogens with two attached hydrogens (primary N) is 1. The number of benzene rings is 1. The van der Waals surface area contributed by atoms with Gasteiger partial charge in [0.05, 0.1) is 6.54 Å². The highest BCUT2D eigenvalue weighted by molar-refractivity contribution is 5.63. The smallest absolute Gasteiger partial charge is 0.404 e. The average molecular weight is 224 g/mol. The van der Waals surface area contributed by atoms with Crippen molar-refractivity contribution in [2.75, 3.05) is 13.6 Å². The van der Waals surface area contributed by atoms with Crippen LogP contribution in [0.1, 0.15) is 0 Å². The van der Waals surface area contributed by atoms with Gasteiger partial charge in [-0.3, -0.25) is 0 Å². The van der Waals surface area contributed by atoms with Crippen molar-refractivity contribution in [3.63, 3.8) is 0 Å². The Morgan fingerprint density at radius 2 is 1.88 bits per heavy atom. The Labute approximate surface area is 94.9 Å². The fraction of sp³-hybridized carbons (Fsp3) is 0.182. The van der Waals surface area contributed by atoms with Crippen molar-refractivity contribution in [3.05, 3.63) is 30.3 Å². The van der Waals surface area contributed by atoms with E-state index in [9.17, 15) is 4.79 Å². The summed E-state index contributed by atoms with van der Waals surface area (Å²) in [6.07, 6.45) is 3.66. The summed E-state index contributed by atoms with van der Waals surface area (Å²) in [4.78, 5) is 9.26. The topological polar surface area (TPSA) is 95.6 Å². The van der Waals surface area contributed by atoms with Gasteiger partial charge in [0.25, 0.3) is 0 Å². The zero-order valence-corrected chi connectivity index (χ0v) is 9.05. The molecule has 0 heterocycles. The Bertz CT molecular complexity index is 307. The molecule has 0 spiro atoms. The molecule has 1 amide bonds. The fourth-order valence-corrected chi connectivity index (χ4v) is 0.428. The summed E-state index contributed by atoms with van der Waals surface area (Å²) >= 11 is 0. The monoisotopic (exact) mass is 224 g/mol. The molecule has 5 N–H and O–H groups in total. The van der Waals surface area contributed by atoms with Crippen LogP contribution in [0.25, 0.3) is 0 Å². The van der Waals surface area contributed by atoms with Crippen LogP contribution in [0.4, 0.5) is 4.79 Å². The van der Waals surface area contributed by atoms with Gasteiger partial charge in [-0.05, 0) is 12.1 Å². The van der Waals surface area contributed by atoms with E-state index in [1.807, 2.05) is 11.4 Å². The van der Waals surface area contributed by atoms with Gasteiger partial charge in [0, 0.05) is 7.05 Å². The van der Waals surface area contributed by atoms with Crippen LogP contribution in [0.5, 0.6) is 5.75 Å². The van der Waals surface area contributed by atoms with Crippen LogP contribution < -0.4 is 11.1 Å². The number of hydrogen-bond acceptors (Lipinski definition) is 3. The summed E-state index contributed by atoms with van der Waals surface area (Å²) in [5.41, 5.74) is 4.79. The molecule has 1 rings (SSSR count). The number of amides is 1. The number of hydrogen-bond donors (Lipinski definition) is 4. The van der Waals surface area contributed by atoms with Crippen molar-refractivity contribution in [1.82, 2.24) is 5.32 Å². The minimum absolute atomic E-state index is 0.322. The number of carbonyl (C=O) groups is 1. The molecule has 0 radical (unpaired) electrons. The number of terminal acetylenes is 1. The molecule has 0 saturated heterocycles. The molecule has 5 nitrogen and oxygen atoms in total. The second-order valence-electron chi connectivity index (χ2n) is 2.30. The number of para-hydroxylation sites is 1. The Kier molecular flexibility index (Phi) is 13.0. The maximum atomic E-state index is 9.26. The van der Waals surface area contributed by atoms with Gasteiger partial charge in [-0.15, -0.1) is 6.42 Å². The molecule has 1 aromatic rings. The summed E-state index contributed by atoms with van der Waals surface area (Å²) in [5, 5.41) is 18.2. The van der Waals surface area contributed by atoms with E-state index in [2.05, 4.69) is 12.3 Å². The van der Waals surface area contributed by atoms with E-state index in [-0.39, 0.29) is 0 Å². The number of nitrogens with one attached hydrogen (secondary N) is 1. The third-order valence-electron chi connectivity index (χ3n) is 1.09. The molecule has 0 bridgehead atoms. The van der Waals surface area contributed by atoms with Crippen LogP contribution >= 0.6 is 0 Å². The highest BCUT2D eigenvalue weighted by Crippen LogP contribution is 2.02. The quantitative estimate of drug-likeness (QED) is 0.491. The molecule has 1 aromatic carbocycles. The van der Waals surface area contributed by atoms with E-state index < -0.39 is 6.09 Å². The molecule has 0 aliphatic rings. The molecule has 0 aliphatic carbocycles. The molecule has 0 atom stereocenters. The lowest BCUT2D eigenvalue weighted by molar-refractivity contribution is 0.197. The molecule has 5 heteroatoms. The third-order valence-corrected chi connectivity index (χ3v) is 1.09. The SMILES string of the molecule is C#CCN.CNC(=O)O.Oc1ccccc1. The van der Waals surface area contributed by atoms with Gasteiger partial charge in [0.15, 0.2) is 0 Å². The van der Waals surface area contributed by atoms with Crippen molar-refractivity contribution in [2.45, 2.75) is 0 Å². The van der Waals surface area contributed by atoms with E-state index in [0.29, 0.717) is 12.3 Å². The van der Waals surface area contributed by atoms with Crippen LogP contribution in [0.15, 0.2) is 30.3 Å². The van der Waals surface area contributed by atoms with E-state index in [1.54, 1.807) is 24.3 Å². The third kappa shape index (κ3) is 17.8. The van der Waals surface area contributed by atoms with Gasteiger partial charge in [-0.2, -0.15) is 0 Å². The zero-order valence-electron chi connectivity index (χ0n) is 9.05. The fourth-order valence-electron chi connectivity index (χ4n) is 0.428. The Balaban J connectivity index is 0. The molecule has 0 fully saturated rings. The Hall–Kier alpha value is -2.19. The first-order valence-corrected chi connectivity index (χ1v) is 4.36. The van der Waals surface area contributed by atoms with Crippen molar-refractivity contribution in [3.8, 4) is 18.1 Å². The molecule has 0 aromatic heterocycles. The highest BCUT2D eigenvalue weighted by atomic mass is 16.4. The minimum Gasteiger partial charge on any atom is -0.508 e. The molecule has 0 aliphatic heterocycles. The van der Waals surface area contributed by atoms with Gasteiger partial charge < -0.3 is 21.3 Å². The van der Waals surface area contributed by atoms with Gasteiger partial charge in [-0.25, -0.2) is 4.79 Å². The standard InChI is InChI=1S/C6H6O.C3H5N.C2H5NO2/c7-6-4-2-1-3-5-6;1-2-3-4;1-3-2(4)5/h1-5,7H;1H,3-4H2;3H,1H3,(H,4,5). The average Bonchev–Trinajstić information content (AvgIpc) is 2.31. The first-order chi connectivity index (χ1) is 7.58.